The second-order valence-corrected chi connectivity index (χ2v) is 6.71. The van der Waals surface area contributed by atoms with Crippen LogP contribution >= 0.6 is 0 Å². The minimum Gasteiger partial charge on any atom is -0.334 e. The van der Waals surface area contributed by atoms with E-state index < -0.39 is 0 Å². The number of amides is 2. The third kappa shape index (κ3) is 4.13. The Balaban J connectivity index is 1.38. The summed E-state index contributed by atoms with van der Waals surface area (Å²) in [7, 11) is 0. The quantitative estimate of drug-likeness (QED) is 0.747. The van der Waals surface area contributed by atoms with Crippen LogP contribution in [0.5, 0.6) is 0 Å². The van der Waals surface area contributed by atoms with Crippen LogP contribution in [0.1, 0.15) is 30.1 Å². The number of likely N-dealkylation sites (tertiary alicyclic amines) is 1. The molecule has 0 spiro atoms. The summed E-state index contributed by atoms with van der Waals surface area (Å²) < 4.78 is 0. The van der Waals surface area contributed by atoms with Gasteiger partial charge in [0.25, 0.3) is 0 Å². The van der Waals surface area contributed by atoms with Gasteiger partial charge in [-0.05, 0) is 30.5 Å². The molecule has 1 saturated heterocycles. The number of carbonyl (C=O) groups is 1. The highest BCUT2D eigenvalue weighted by molar-refractivity contribution is 5.74. The standard InChI is InChI=1S/C20H22N6O/c27-20(22-13-15-5-2-1-3-6-15)26-12-4-7-17(14-26)19-23-18(24-25-19)16-8-10-21-11-9-16/h1-3,5-6,8-11,17H,4,7,12-14H2,(H,22,27)(H,23,24,25)/t17-/m1/s1. The maximum Gasteiger partial charge on any atom is 0.317 e. The minimum atomic E-state index is -0.0302. The van der Waals surface area contributed by atoms with Gasteiger partial charge in [-0.1, -0.05) is 30.3 Å². The lowest BCUT2D eigenvalue weighted by Gasteiger charge is -2.31. The van der Waals surface area contributed by atoms with E-state index in [1.54, 1.807) is 12.4 Å². The van der Waals surface area contributed by atoms with Gasteiger partial charge in [-0.2, -0.15) is 5.10 Å². The molecule has 7 heteroatoms. The highest BCUT2D eigenvalue weighted by Gasteiger charge is 2.27. The van der Waals surface area contributed by atoms with Crippen molar-refractivity contribution >= 4 is 6.03 Å². The van der Waals surface area contributed by atoms with Crippen molar-refractivity contribution in [2.75, 3.05) is 13.1 Å². The van der Waals surface area contributed by atoms with Gasteiger partial charge in [0.1, 0.15) is 5.82 Å². The third-order valence-corrected chi connectivity index (χ3v) is 4.82. The number of nitrogens with zero attached hydrogens (tertiary/aromatic N) is 4. The van der Waals surface area contributed by atoms with E-state index in [9.17, 15) is 4.79 Å². The Morgan fingerprint density at radius 1 is 1.19 bits per heavy atom. The maximum absolute atomic E-state index is 12.5. The topological polar surface area (TPSA) is 86.8 Å². The molecule has 1 fully saturated rings. The summed E-state index contributed by atoms with van der Waals surface area (Å²) >= 11 is 0. The van der Waals surface area contributed by atoms with E-state index in [-0.39, 0.29) is 11.9 Å². The van der Waals surface area contributed by atoms with E-state index in [0.717, 1.165) is 36.3 Å². The maximum atomic E-state index is 12.5. The van der Waals surface area contributed by atoms with Crippen LogP contribution in [0.15, 0.2) is 54.9 Å². The Labute approximate surface area is 157 Å². The largest absolute Gasteiger partial charge is 0.334 e. The molecule has 0 aliphatic carbocycles. The monoisotopic (exact) mass is 362 g/mol. The minimum absolute atomic E-state index is 0.0302. The van der Waals surface area contributed by atoms with Crippen LogP contribution in [-0.4, -0.2) is 44.2 Å². The van der Waals surface area contributed by atoms with Gasteiger partial charge in [-0.3, -0.25) is 10.1 Å². The summed E-state index contributed by atoms with van der Waals surface area (Å²) in [6.07, 6.45) is 5.40. The number of hydrogen-bond acceptors (Lipinski definition) is 4. The van der Waals surface area contributed by atoms with Crippen molar-refractivity contribution in [3.05, 3.63) is 66.2 Å². The normalized spacial score (nSPS) is 16.9. The molecule has 2 amide bonds. The van der Waals surface area contributed by atoms with Crippen molar-refractivity contribution < 1.29 is 4.79 Å². The fraction of sp³-hybridized carbons (Fsp3) is 0.300. The summed E-state index contributed by atoms with van der Waals surface area (Å²) in [6, 6.07) is 13.7. The molecular weight excluding hydrogens is 340 g/mol. The molecule has 7 nitrogen and oxygen atoms in total. The number of benzene rings is 1. The molecule has 27 heavy (non-hydrogen) atoms. The van der Waals surface area contributed by atoms with E-state index in [0.29, 0.717) is 18.9 Å². The highest BCUT2D eigenvalue weighted by Crippen LogP contribution is 2.26. The first kappa shape index (κ1) is 17.2. The van der Waals surface area contributed by atoms with Crippen LogP contribution in [0.25, 0.3) is 11.4 Å². The molecule has 1 aliphatic rings. The van der Waals surface area contributed by atoms with E-state index in [1.807, 2.05) is 47.4 Å². The molecule has 3 aromatic rings. The van der Waals surface area contributed by atoms with Gasteiger partial charge in [-0.15, -0.1) is 0 Å². The van der Waals surface area contributed by atoms with Crippen LogP contribution in [0, 0.1) is 0 Å². The lowest BCUT2D eigenvalue weighted by Crippen LogP contribution is -2.44. The molecule has 1 atom stereocenters. The molecule has 3 heterocycles. The fourth-order valence-electron chi connectivity index (χ4n) is 3.36. The molecule has 0 radical (unpaired) electrons. The van der Waals surface area contributed by atoms with Gasteiger partial charge in [-0.25, -0.2) is 9.78 Å². The predicted octanol–water partition coefficient (Wildman–Crippen LogP) is 2.96. The molecule has 2 N–H and O–H groups in total. The summed E-state index contributed by atoms with van der Waals surface area (Å²) in [5, 5.41) is 10.4. The molecule has 2 aromatic heterocycles. The van der Waals surface area contributed by atoms with Crippen LogP contribution in [0.3, 0.4) is 0 Å². The second kappa shape index (κ2) is 7.99. The summed E-state index contributed by atoms with van der Waals surface area (Å²) in [6.45, 7) is 1.95. The van der Waals surface area contributed by atoms with Gasteiger partial charge in [0.2, 0.25) is 0 Å². The SMILES string of the molecule is O=C(NCc1ccccc1)N1CCC[C@@H](c2nc(-c3ccncc3)n[nH]2)C1. The average Bonchev–Trinajstić information content (AvgIpc) is 3.24. The van der Waals surface area contributed by atoms with Crippen molar-refractivity contribution in [3.63, 3.8) is 0 Å². The second-order valence-electron chi connectivity index (χ2n) is 6.71. The Morgan fingerprint density at radius 3 is 2.81 bits per heavy atom. The molecular formula is C20H22N6O. The first-order valence-electron chi connectivity index (χ1n) is 9.19. The van der Waals surface area contributed by atoms with Gasteiger partial charge < -0.3 is 10.2 Å². The zero-order valence-corrected chi connectivity index (χ0v) is 15.0. The third-order valence-electron chi connectivity index (χ3n) is 4.82. The first-order chi connectivity index (χ1) is 13.3. The fourth-order valence-corrected chi connectivity index (χ4v) is 3.36. The highest BCUT2D eigenvalue weighted by atomic mass is 16.2. The molecule has 0 bridgehead atoms. The number of hydrogen-bond donors (Lipinski definition) is 2. The Morgan fingerprint density at radius 2 is 2.00 bits per heavy atom. The average molecular weight is 362 g/mol. The summed E-state index contributed by atoms with van der Waals surface area (Å²) in [5.41, 5.74) is 2.03. The molecule has 1 aromatic carbocycles. The molecule has 0 unspecified atom stereocenters. The Kier molecular flexibility index (Phi) is 5.09. The van der Waals surface area contributed by atoms with Gasteiger partial charge in [0.15, 0.2) is 5.82 Å². The van der Waals surface area contributed by atoms with Gasteiger partial charge in [0.05, 0.1) is 0 Å². The Bertz CT molecular complexity index is 880. The number of urea groups is 1. The van der Waals surface area contributed by atoms with E-state index in [4.69, 9.17) is 0 Å². The number of piperidine rings is 1. The van der Waals surface area contributed by atoms with E-state index >= 15 is 0 Å². The van der Waals surface area contributed by atoms with Crippen LogP contribution < -0.4 is 5.32 Å². The van der Waals surface area contributed by atoms with Crippen LogP contribution in [-0.2, 0) is 6.54 Å². The van der Waals surface area contributed by atoms with Gasteiger partial charge in [0, 0.05) is 43.5 Å². The predicted molar refractivity (Wildman–Crippen MR) is 102 cm³/mol. The first-order valence-corrected chi connectivity index (χ1v) is 9.19. The number of aromatic amines is 1. The zero-order valence-electron chi connectivity index (χ0n) is 15.0. The zero-order chi connectivity index (χ0) is 18.5. The number of nitrogens with one attached hydrogen (secondary N) is 2. The van der Waals surface area contributed by atoms with Crippen molar-refractivity contribution in [3.8, 4) is 11.4 Å². The van der Waals surface area contributed by atoms with E-state index in [2.05, 4.69) is 25.5 Å². The van der Waals surface area contributed by atoms with Crippen molar-refractivity contribution in [2.45, 2.75) is 25.3 Å². The van der Waals surface area contributed by atoms with Crippen molar-refractivity contribution in [1.29, 1.82) is 0 Å². The Hall–Kier alpha value is -3.22. The number of H-pyrrole nitrogens is 1. The lowest BCUT2D eigenvalue weighted by atomic mass is 9.97. The van der Waals surface area contributed by atoms with Crippen LogP contribution in [0.2, 0.25) is 0 Å². The summed E-state index contributed by atoms with van der Waals surface area (Å²) in [4.78, 5) is 23.1. The number of pyridine rings is 1. The van der Waals surface area contributed by atoms with Crippen molar-refractivity contribution in [1.82, 2.24) is 30.4 Å². The lowest BCUT2D eigenvalue weighted by molar-refractivity contribution is 0.178. The molecule has 1 aliphatic heterocycles. The van der Waals surface area contributed by atoms with E-state index in [1.165, 1.54) is 0 Å². The molecule has 138 valence electrons. The molecule has 4 rings (SSSR count). The number of aromatic nitrogens is 4. The number of carbonyl (C=O) groups excluding carboxylic acids is 1. The van der Waals surface area contributed by atoms with Gasteiger partial charge >= 0.3 is 6.03 Å². The molecule has 0 saturated carbocycles. The number of rotatable bonds is 4. The van der Waals surface area contributed by atoms with Crippen LogP contribution in [0.4, 0.5) is 4.79 Å². The smallest absolute Gasteiger partial charge is 0.317 e. The summed E-state index contributed by atoms with van der Waals surface area (Å²) in [5.74, 6) is 1.67. The van der Waals surface area contributed by atoms with Crippen molar-refractivity contribution in [2.24, 2.45) is 0 Å².